The lowest BCUT2D eigenvalue weighted by Crippen LogP contribution is -2.49. The van der Waals surface area contributed by atoms with Crippen LogP contribution in [0.4, 0.5) is 10.6 Å². The summed E-state index contributed by atoms with van der Waals surface area (Å²) < 4.78 is 5.03. The Morgan fingerprint density at radius 1 is 1.19 bits per heavy atom. The summed E-state index contributed by atoms with van der Waals surface area (Å²) in [5, 5.41) is 2.89. The zero-order valence-corrected chi connectivity index (χ0v) is 15.3. The molecule has 0 aromatic carbocycles. The van der Waals surface area contributed by atoms with Crippen molar-refractivity contribution in [2.45, 2.75) is 13.5 Å². The molecular formula is C19H23N5O3. The van der Waals surface area contributed by atoms with Crippen LogP contribution in [0.5, 0.6) is 0 Å². The first kappa shape index (κ1) is 18.6. The molecule has 1 N–H and O–H groups in total. The van der Waals surface area contributed by atoms with Crippen molar-refractivity contribution in [3.05, 3.63) is 54.0 Å². The van der Waals surface area contributed by atoms with E-state index in [1.165, 1.54) is 0 Å². The summed E-state index contributed by atoms with van der Waals surface area (Å²) in [4.78, 5) is 36.4. The molecule has 3 rings (SSSR count). The van der Waals surface area contributed by atoms with Gasteiger partial charge in [0.15, 0.2) is 0 Å². The van der Waals surface area contributed by atoms with Gasteiger partial charge in [-0.25, -0.2) is 9.78 Å². The molecule has 0 atom stereocenters. The molecule has 1 fully saturated rings. The van der Waals surface area contributed by atoms with E-state index in [0.29, 0.717) is 44.9 Å². The smallest absolute Gasteiger partial charge is 0.409 e. The second-order valence-corrected chi connectivity index (χ2v) is 6.12. The van der Waals surface area contributed by atoms with Crippen molar-refractivity contribution in [3.63, 3.8) is 0 Å². The van der Waals surface area contributed by atoms with Crippen LogP contribution in [0.25, 0.3) is 0 Å². The number of carbonyl (C=O) groups excluding carboxylic acids is 2. The van der Waals surface area contributed by atoms with Crippen LogP contribution in [0.1, 0.15) is 22.8 Å². The number of anilines is 1. The molecule has 0 bridgehead atoms. The third kappa shape index (κ3) is 4.93. The highest BCUT2D eigenvalue weighted by molar-refractivity contribution is 5.94. The van der Waals surface area contributed by atoms with Gasteiger partial charge in [0.05, 0.1) is 6.61 Å². The number of rotatable bonds is 5. The molecule has 8 heteroatoms. The largest absolute Gasteiger partial charge is 0.450 e. The van der Waals surface area contributed by atoms with E-state index in [0.717, 1.165) is 11.4 Å². The van der Waals surface area contributed by atoms with Gasteiger partial charge in [-0.1, -0.05) is 6.07 Å². The molecule has 0 spiro atoms. The van der Waals surface area contributed by atoms with Crippen molar-refractivity contribution in [2.24, 2.45) is 0 Å². The predicted octanol–water partition coefficient (Wildman–Crippen LogP) is 1.69. The maximum atomic E-state index is 12.4. The van der Waals surface area contributed by atoms with Gasteiger partial charge < -0.3 is 19.9 Å². The summed E-state index contributed by atoms with van der Waals surface area (Å²) >= 11 is 0. The number of nitrogens with one attached hydrogen (secondary N) is 1. The number of nitrogens with zero attached hydrogens (tertiary/aromatic N) is 4. The van der Waals surface area contributed by atoms with Crippen molar-refractivity contribution in [2.75, 3.05) is 37.7 Å². The number of pyridine rings is 2. The first-order chi connectivity index (χ1) is 13.2. The first-order valence-electron chi connectivity index (χ1n) is 8.97. The number of piperazine rings is 1. The molecule has 2 amide bonds. The molecule has 0 radical (unpaired) electrons. The molecule has 142 valence electrons. The summed E-state index contributed by atoms with van der Waals surface area (Å²) in [5.74, 6) is 0.570. The summed E-state index contributed by atoms with van der Waals surface area (Å²) in [6.45, 7) is 5.01. The lowest BCUT2D eigenvalue weighted by atomic mass is 10.2. The van der Waals surface area contributed by atoms with E-state index in [4.69, 9.17) is 4.74 Å². The van der Waals surface area contributed by atoms with Gasteiger partial charge in [-0.05, 0) is 30.7 Å². The fraction of sp³-hybridized carbons (Fsp3) is 0.368. The van der Waals surface area contributed by atoms with E-state index >= 15 is 0 Å². The average molecular weight is 369 g/mol. The van der Waals surface area contributed by atoms with Gasteiger partial charge in [0, 0.05) is 56.9 Å². The fourth-order valence-electron chi connectivity index (χ4n) is 2.85. The SMILES string of the molecule is CCOC(=O)N1CCN(c2cc(C(=O)NCc3cccnc3)ccn2)CC1. The lowest BCUT2D eigenvalue weighted by Gasteiger charge is -2.34. The van der Waals surface area contributed by atoms with E-state index in [1.807, 2.05) is 12.1 Å². The van der Waals surface area contributed by atoms with Gasteiger partial charge in [-0.15, -0.1) is 0 Å². The lowest BCUT2D eigenvalue weighted by molar-refractivity contribution is 0.0950. The molecule has 0 unspecified atom stereocenters. The third-order valence-electron chi connectivity index (χ3n) is 4.31. The van der Waals surface area contributed by atoms with Crippen LogP contribution in [-0.2, 0) is 11.3 Å². The third-order valence-corrected chi connectivity index (χ3v) is 4.31. The number of aromatic nitrogens is 2. The normalized spacial score (nSPS) is 14.0. The standard InChI is InChI=1S/C19H23N5O3/c1-2-27-19(26)24-10-8-23(9-11-24)17-12-16(5-7-21-17)18(25)22-14-15-4-3-6-20-13-15/h3-7,12-13H,2,8-11,14H2,1H3,(H,22,25). The van der Waals surface area contributed by atoms with Crippen molar-refractivity contribution in [3.8, 4) is 0 Å². The highest BCUT2D eigenvalue weighted by Crippen LogP contribution is 2.16. The Morgan fingerprint density at radius 3 is 2.70 bits per heavy atom. The number of hydrogen-bond acceptors (Lipinski definition) is 6. The van der Waals surface area contributed by atoms with Gasteiger partial charge in [0.1, 0.15) is 5.82 Å². The number of hydrogen-bond donors (Lipinski definition) is 1. The van der Waals surface area contributed by atoms with E-state index in [1.54, 1.807) is 42.5 Å². The Morgan fingerprint density at radius 2 is 2.00 bits per heavy atom. The highest BCUT2D eigenvalue weighted by Gasteiger charge is 2.23. The van der Waals surface area contributed by atoms with Gasteiger partial charge in [0.25, 0.3) is 5.91 Å². The maximum Gasteiger partial charge on any atom is 0.409 e. The second kappa shape index (κ2) is 8.98. The molecule has 8 nitrogen and oxygen atoms in total. The Labute approximate surface area is 158 Å². The van der Waals surface area contributed by atoms with Crippen LogP contribution in [0.3, 0.4) is 0 Å². The first-order valence-corrected chi connectivity index (χ1v) is 8.97. The molecule has 1 aliphatic heterocycles. The Bertz CT molecular complexity index is 776. The van der Waals surface area contributed by atoms with Crippen LogP contribution in [0.15, 0.2) is 42.9 Å². The summed E-state index contributed by atoms with van der Waals surface area (Å²) in [6, 6.07) is 7.21. The van der Waals surface area contributed by atoms with Crippen LogP contribution in [-0.4, -0.2) is 59.7 Å². The van der Waals surface area contributed by atoms with Gasteiger partial charge >= 0.3 is 6.09 Å². The quantitative estimate of drug-likeness (QED) is 0.863. The summed E-state index contributed by atoms with van der Waals surface area (Å²) in [6.07, 6.45) is 4.77. The molecule has 0 saturated carbocycles. The summed E-state index contributed by atoms with van der Waals surface area (Å²) in [7, 11) is 0. The number of ether oxygens (including phenoxy) is 1. The van der Waals surface area contributed by atoms with Crippen LogP contribution in [0.2, 0.25) is 0 Å². The van der Waals surface area contributed by atoms with Crippen molar-refractivity contribution in [1.29, 1.82) is 0 Å². The van der Waals surface area contributed by atoms with E-state index in [-0.39, 0.29) is 12.0 Å². The molecular weight excluding hydrogens is 346 g/mol. The number of carbonyl (C=O) groups is 2. The zero-order valence-electron chi connectivity index (χ0n) is 15.3. The van der Waals surface area contributed by atoms with Crippen molar-refractivity contribution in [1.82, 2.24) is 20.2 Å². The number of amides is 2. The molecule has 2 aromatic heterocycles. The minimum Gasteiger partial charge on any atom is -0.450 e. The van der Waals surface area contributed by atoms with Crippen molar-refractivity contribution >= 4 is 17.8 Å². The Balaban J connectivity index is 1.57. The topological polar surface area (TPSA) is 87.7 Å². The monoisotopic (exact) mass is 369 g/mol. The minimum absolute atomic E-state index is 0.160. The van der Waals surface area contributed by atoms with E-state index in [2.05, 4.69) is 20.2 Å². The highest BCUT2D eigenvalue weighted by atomic mass is 16.6. The van der Waals surface area contributed by atoms with Gasteiger partial charge in [0.2, 0.25) is 0 Å². The van der Waals surface area contributed by atoms with E-state index in [9.17, 15) is 9.59 Å². The molecule has 27 heavy (non-hydrogen) atoms. The predicted molar refractivity (Wildman–Crippen MR) is 100 cm³/mol. The van der Waals surface area contributed by atoms with Gasteiger partial charge in [-0.2, -0.15) is 0 Å². The molecule has 0 aliphatic carbocycles. The zero-order chi connectivity index (χ0) is 19.1. The molecule has 2 aromatic rings. The van der Waals surface area contributed by atoms with Gasteiger partial charge in [-0.3, -0.25) is 9.78 Å². The molecule has 1 saturated heterocycles. The maximum absolute atomic E-state index is 12.4. The van der Waals surface area contributed by atoms with E-state index < -0.39 is 0 Å². The Kier molecular flexibility index (Phi) is 6.19. The van der Waals surface area contributed by atoms with Crippen LogP contribution < -0.4 is 10.2 Å². The average Bonchev–Trinajstić information content (AvgIpc) is 2.73. The molecule has 3 heterocycles. The summed E-state index contributed by atoms with van der Waals surface area (Å²) in [5.41, 5.74) is 1.49. The van der Waals surface area contributed by atoms with Crippen LogP contribution in [0, 0.1) is 0 Å². The minimum atomic E-state index is -0.284. The molecule has 1 aliphatic rings. The second-order valence-electron chi connectivity index (χ2n) is 6.12. The Hall–Kier alpha value is -3.16. The van der Waals surface area contributed by atoms with Crippen molar-refractivity contribution < 1.29 is 14.3 Å². The fourth-order valence-corrected chi connectivity index (χ4v) is 2.85. The van der Waals surface area contributed by atoms with Crippen LogP contribution >= 0.6 is 0 Å².